The molecule has 0 radical (unpaired) electrons. The molecule has 0 aliphatic rings. The van der Waals surface area contributed by atoms with Gasteiger partial charge in [-0.2, -0.15) is 0 Å². The largest absolute Gasteiger partial charge is 0.492 e. The van der Waals surface area contributed by atoms with Crippen LogP contribution in [-0.2, 0) is 0 Å². The molecule has 0 spiro atoms. The van der Waals surface area contributed by atoms with E-state index in [9.17, 15) is 4.79 Å². The number of nitrogens with two attached hydrogens (primary N) is 1. The number of nitrogens with one attached hydrogen (secondary N) is 2. The molecule has 0 saturated heterocycles. The molecule has 23 heavy (non-hydrogen) atoms. The van der Waals surface area contributed by atoms with Crippen LogP contribution in [0.4, 0.5) is 5.69 Å². The number of benzene rings is 2. The fourth-order valence-corrected chi connectivity index (χ4v) is 2.10. The molecule has 1 amide bonds. The normalized spacial score (nSPS) is 9.96. The smallest absolute Gasteiger partial charge is 0.253 e. The Morgan fingerprint density at radius 1 is 1.17 bits per heavy atom. The van der Waals surface area contributed by atoms with E-state index in [4.69, 9.17) is 22.7 Å². The van der Waals surface area contributed by atoms with Gasteiger partial charge in [-0.05, 0) is 43.4 Å². The van der Waals surface area contributed by atoms with E-state index in [2.05, 4.69) is 10.6 Å². The number of rotatable bonds is 6. The maximum absolute atomic E-state index is 12.2. The Labute approximate surface area is 140 Å². The molecule has 0 unspecified atom stereocenters. The third kappa shape index (κ3) is 5.27. The van der Waals surface area contributed by atoms with Gasteiger partial charge in [0.15, 0.2) is 5.11 Å². The lowest BCUT2D eigenvalue weighted by atomic mass is 10.1. The standard InChI is InChI=1S/C17H19N3O2S/c1-12-6-8-13(9-7-12)22-11-10-19-16(21)14-4-2-3-5-15(14)20-17(18)23/h2-9H,10-11H2,1H3,(H,19,21)(H3,18,20,23). The van der Waals surface area contributed by atoms with E-state index in [1.807, 2.05) is 31.2 Å². The van der Waals surface area contributed by atoms with Crippen molar-refractivity contribution < 1.29 is 9.53 Å². The van der Waals surface area contributed by atoms with Gasteiger partial charge in [0.1, 0.15) is 12.4 Å². The van der Waals surface area contributed by atoms with Crippen molar-refractivity contribution in [3.05, 3.63) is 59.7 Å². The molecule has 6 heteroatoms. The zero-order chi connectivity index (χ0) is 16.7. The first kappa shape index (κ1) is 16.8. The number of hydrogen-bond donors (Lipinski definition) is 3. The summed E-state index contributed by atoms with van der Waals surface area (Å²) >= 11 is 4.81. The van der Waals surface area contributed by atoms with Crippen molar-refractivity contribution in [2.24, 2.45) is 5.73 Å². The minimum absolute atomic E-state index is 0.118. The Bertz CT molecular complexity index is 686. The van der Waals surface area contributed by atoms with Crippen LogP contribution in [0.3, 0.4) is 0 Å². The molecule has 0 aliphatic carbocycles. The second kappa shape index (κ2) is 8.14. The number of carbonyl (C=O) groups excluding carboxylic acids is 1. The highest BCUT2D eigenvalue weighted by molar-refractivity contribution is 7.80. The Morgan fingerprint density at radius 3 is 2.57 bits per heavy atom. The molecule has 0 aliphatic heterocycles. The average Bonchev–Trinajstić information content (AvgIpc) is 2.53. The van der Waals surface area contributed by atoms with Crippen molar-refractivity contribution >= 4 is 28.9 Å². The van der Waals surface area contributed by atoms with Gasteiger partial charge in [-0.3, -0.25) is 4.79 Å². The highest BCUT2D eigenvalue weighted by Crippen LogP contribution is 2.14. The second-order valence-electron chi connectivity index (χ2n) is 4.95. The van der Waals surface area contributed by atoms with Crippen LogP contribution >= 0.6 is 12.2 Å². The lowest BCUT2D eigenvalue weighted by Gasteiger charge is -2.11. The minimum Gasteiger partial charge on any atom is -0.492 e. The Balaban J connectivity index is 1.85. The lowest BCUT2D eigenvalue weighted by Crippen LogP contribution is -2.29. The molecule has 0 heterocycles. The molecule has 120 valence electrons. The lowest BCUT2D eigenvalue weighted by molar-refractivity contribution is 0.0948. The number of para-hydroxylation sites is 1. The number of carbonyl (C=O) groups is 1. The number of thiocarbonyl (C=S) groups is 1. The molecule has 2 aromatic carbocycles. The minimum atomic E-state index is -0.211. The van der Waals surface area contributed by atoms with Crippen molar-refractivity contribution in [1.82, 2.24) is 5.32 Å². The Morgan fingerprint density at radius 2 is 1.87 bits per heavy atom. The van der Waals surface area contributed by atoms with Crippen molar-refractivity contribution in [2.75, 3.05) is 18.5 Å². The molecule has 5 nitrogen and oxygen atoms in total. The van der Waals surface area contributed by atoms with Crippen LogP contribution in [0.1, 0.15) is 15.9 Å². The zero-order valence-electron chi connectivity index (χ0n) is 12.8. The van der Waals surface area contributed by atoms with Crippen molar-refractivity contribution in [3.8, 4) is 5.75 Å². The summed E-state index contributed by atoms with van der Waals surface area (Å²) < 4.78 is 5.57. The molecular weight excluding hydrogens is 310 g/mol. The van der Waals surface area contributed by atoms with E-state index in [-0.39, 0.29) is 11.0 Å². The first-order chi connectivity index (χ1) is 11.1. The molecule has 0 fully saturated rings. The van der Waals surface area contributed by atoms with Gasteiger partial charge in [0, 0.05) is 0 Å². The first-order valence-corrected chi connectivity index (χ1v) is 7.60. The van der Waals surface area contributed by atoms with E-state index < -0.39 is 0 Å². The summed E-state index contributed by atoms with van der Waals surface area (Å²) in [7, 11) is 0. The van der Waals surface area contributed by atoms with E-state index in [0.717, 1.165) is 5.75 Å². The van der Waals surface area contributed by atoms with Crippen LogP contribution in [0.5, 0.6) is 5.75 Å². The number of anilines is 1. The second-order valence-corrected chi connectivity index (χ2v) is 5.39. The number of amides is 1. The van der Waals surface area contributed by atoms with Gasteiger partial charge in [-0.1, -0.05) is 29.8 Å². The highest BCUT2D eigenvalue weighted by atomic mass is 32.1. The first-order valence-electron chi connectivity index (χ1n) is 7.19. The highest BCUT2D eigenvalue weighted by Gasteiger charge is 2.10. The summed E-state index contributed by atoms with van der Waals surface area (Å²) in [4.78, 5) is 12.2. The third-order valence-electron chi connectivity index (χ3n) is 3.11. The Kier molecular flexibility index (Phi) is 5.94. The van der Waals surface area contributed by atoms with Gasteiger partial charge in [0.2, 0.25) is 0 Å². The topological polar surface area (TPSA) is 76.4 Å². The molecule has 4 N–H and O–H groups in total. The molecule has 0 saturated carbocycles. The van der Waals surface area contributed by atoms with Gasteiger partial charge in [-0.25, -0.2) is 0 Å². The molecular formula is C17H19N3O2S. The van der Waals surface area contributed by atoms with Crippen LogP contribution in [0.15, 0.2) is 48.5 Å². The van der Waals surface area contributed by atoms with Crippen molar-refractivity contribution in [3.63, 3.8) is 0 Å². The summed E-state index contributed by atoms with van der Waals surface area (Å²) in [6.45, 7) is 2.80. The summed E-state index contributed by atoms with van der Waals surface area (Å²) in [5.74, 6) is 0.567. The zero-order valence-corrected chi connectivity index (χ0v) is 13.7. The maximum Gasteiger partial charge on any atom is 0.253 e. The third-order valence-corrected chi connectivity index (χ3v) is 3.21. The Hall–Kier alpha value is -2.60. The van der Waals surface area contributed by atoms with Gasteiger partial charge < -0.3 is 21.1 Å². The average molecular weight is 329 g/mol. The fraction of sp³-hybridized carbons (Fsp3) is 0.176. The molecule has 0 atom stereocenters. The summed E-state index contributed by atoms with van der Waals surface area (Å²) in [6.07, 6.45) is 0. The quantitative estimate of drug-likeness (QED) is 0.561. The van der Waals surface area contributed by atoms with Crippen LogP contribution < -0.4 is 21.1 Å². The van der Waals surface area contributed by atoms with Gasteiger partial charge in [-0.15, -0.1) is 0 Å². The monoisotopic (exact) mass is 329 g/mol. The number of aryl methyl sites for hydroxylation is 1. The number of hydrogen-bond acceptors (Lipinski definition) is 3. The van der Waals surface area contributed by atoms with E-state index in [1.54, 1.807) is 24.3 Å². The fourth-order valence-electron chi connectivity index (χ4n) is 1.99. The molecule has 0 aromatic heterocycles. The summed E-state index contributed by atoms with van der Waals surface area (Å²) in [5, 5.41) is 5.72. The molecule has 2 aromatic rings. The summed E-state index contributed by atoms with van der Waals surface area (Å²) in [5.41, 5.74) is 7.70. The van der Waals surface area contributed by atoms with Crippen LogP contribution in [0, 0.1) is 6.92 Å². The maximum atomic E-state index is 12.2. The van der Waals surface area contributed by atoms with Crippen LogP contribution in [-0.4, -0.2) is 24.2 Å². The van der Waals surface area contributed by atoms with Crippen LogP contribution in [0.2, 0.25) is 0 Å². The SMILES string of the molecule is Cc1ccc(OCCNC(=O)c2ccccc2NC(N)=S)cc1. The van der Waals surface area contributed by atoms with Crippen molar-refractivity contribution in [1.29, 1.82) is 0 Å². The van der Waals surface area contributed by atoms with Crippen molar-refractivity contribution in [2.45, 2.75) is 6.92 Å². The molecule has 2 rings (SSSR count). The van der Waals surface area contributed by atoms with E-state index in [0.29, 0.717) is 24.4 Å². The number of ether oxygens (including phenoxy) is 1. The van der Waals surface area contributed by atoms with Gasteiger partial charge in [0.05, 0.1) is 17.8 Å². The molecule has 0 bridgehead atoms. The van der Waals surface area contributed by atoms with Gasteiger partial charge in [0.25, 0.3) is 5.91 Å². The van der Waals surface area contributed by atoms with Gasteiger partial charge >= 0.3 is 0 Å². The predicted octanol–water partition coefficient (Wildman–Crippen LogP) is 2.46. The van der Waals surface area contributed by atoms with Crippen LogP contribution in [0.25, 0.3) is 0 Å². The van der Waals surface area contributed by atoms with E-state index >= 15 is 0 Å². The predicted molar refractivity (Wildman–Crippen MR) is 95.9 cm³/mol. The summed E-state index contributed by atoms with van der Waals surface area (Å²) in [6, 6.07) is 14.8. The van der Waals surface area contributed by atoms with E-state index in [1.165, 1.54) is 5.56 Å².